The van der Waals surface area contributed by atoms with Crippen LogP contribution >= 0.6 is 0 Å². The molecule has 0 bridgehead atoms. The summed E-state index contributed by atoms with van der Waals surface area (Å²) in [6, 6.07) is 5.57. The number of carbonyl (C=O) groups is 2. The van der Waals surface area contributed by atoms with Gasteiger partial charge in [0.25, 0.3) is 5.91 Å². The van der Waals surface area contributed by atoms with E-state index in [9.17, 15) is 9.59 Å². The van der Waals surface area contributed by atoms with Crippen LogP contribution in [0.1, 0.15) is 46.6 Å². The van der Waals surface area contributed by atoms with Crippen molar-refractivity contribution in [2.45, 2.75) is 25.8 Å². The molecule has 1 atom stereocenters. The van der Waals surface area contributed by atoms with Crippen LogP contribution in [0.4, 0.5) is 5.82 Å². The highest BCUT2D eigenvalue weighted by Gasteiger charge is 2.30. The Bertz CT molecular complexity index is 1130. The van der Waals surface area contributed by atoms with Crippen LogP contribution in [-0.2, 0) is 11.2 Å². The molecule has 1 saturated heterocycles. The Labute approximate surface area is 200 Å². The molecule has 9 heteroatoms. The van der Waals surface area contributed by atoms with Gasteiger partial charge >= 0.3 is 0 Å². The second-order valence-corrected chi connectivity index (χ2v) is 8.48. The highest BCUT2D eigenvalue weighted by Crippen LogP contribution is 2.27. The number of methoxy groups -OCH3 is 1. The van der Waals surface area contributed by atoms with Gasteiger partial charge in [0.1, 0.15) is 17.1 Å². The van der Waals surface area contributed by atoms with Crippen LogP contribution in [0, 0.1) is 11.8 Å². The summed E-state index contributed by atoms with van der Waals surface area (Å²) in [5, 5.41) is 4.52. The maximum atomic E-state index is 12.5. The van der Waals surface area contributed by atoms with Crippen molar-refractivity contribution in [1.29, 1.82) is 0 Å². The topological polar surface area (TPSA) is 120 Å². The largest absolute Gasteiger partial charge is 0.497 e. The second kappa shape index (κ2) is 10.9. The molecule has 0 spiro atoms. The number of aromatic nitrogens is 2. The number of amides is 2. The predicted molar refractivity (Wildman–Crippen MR) is 131 cm³/mol. The van der Waals surface area contributed by atoms with Gasteiger partial charge in [-0.2, -0.15) is 5.10 Å². The van der Waals surface area contributed by atoms with Gasteiger partial charge < -0.3 is 26.0 Å². The number of nitrogens with zero attached hydrogens (tertiary/aromatic N) is 4. The molecule has 9 nitrogen and oxygen atoms in total. The lowest BCUT2D eigenvalue weighted by molar-refractivity contribution is -0.125. The highest BCUT2D eigenvalue weighted by atomic mass is 16.5. The van der Waals surface area contributed by atoms with Gasteiger partial charge in [0.2, 0.25) is 5.91 Å². The number of rotatable bonds is 7. The molecule has 1 aromatic heterocycles. The quantitative estimate of drug-likeness (QED) is 0.473. The van der Waals surface area contributed by atoms with Crippen LogP contribution < -0.4 is 16.2 Å². The number of likely N-dealkylation sites (tertiary alicyclic amines) is 1. The van der Waals surface area contributed by atoms with Crippen molar-refractivity contribution < 1.29 is 14.3 Å². The molecule has 0 aliphatic carbocycles. The predicted octanol–water partition coefficient (Wildman–Crippen LogP) is 1.43. The van der Waals surface area contributed by atoms with Gasteiger partial charge in [0, 0.05) is 31.3 Å². The lowest BCUT2D eigenvalue weighted by Gasteiger charge is -2.15. The van der Waals surface area contributed by atoms with Crippen LogP contribution in [0.5, 0.6) is 5.75 Å². The maximum Gasteiger partial charge on any atom is 0.255 e. The first-order chi connectivity index (χ1) is 16.2. The molecule has 180 valence electrons. The first kappa shape index (κ1) is 24.9. The molecule has 1 fully saturated rings. The van der Waals surface area contributed by atoms with Crippen LogP contribution in [-0.4, -0.2) is 72.2 Å². The highest BCUT2D eigenvalue weighted by molar-refractivity contribution is 5.99. The number of nitrogen functional groups attached to an aromatic ring is 1. The molecule has 34 heavy (non-hydrogen) atoms. The number of hydrogen-bond acceptors (Lipinski definition) is 6. The number of benzene rings is 1. The first-order valence-corrected chi connectivity index (χ1v) is 11.2. The fraction of sp³-hybridized carbons (Fsp3) is 0.400. The number of primary amides is 1. The number of anilines is 1. The average molecular weight is 465 g/mol. The van der Waals surface area contributed by atoms with Crippen molar-refractivity contribution in [3.8, 4) is 17.6 Å². The van der Waals surface area contributed by atoms with E-state index in [1.165, 1.54) is 0 Å². The van der Waals surface area contributed by atoms with E-state index in [2.05, 4.69) is 16.9 Å². The smallest absolute Gasteiger partial charge is 0.255 e. The second-order valence-electron chi connectivity index (χ2n) is 8.48. The van der Waals surface area contributed by atoms with E-state index >= 15 is 0 Å². The molecule has 1 aliphatic heterocycles. The Morgan fingerprint density at radius 3 is 2.71 bits per heavy atom. The fourth-order valence-corrected chi connectivity index (χ4v) is 3.85. The Morgan fingerprint density at radius 2 is 2.06 bits per heavy atom. The summed E-state index contributed by atoms with van der Waals surface area (Å²) in [7, 11) is 5.48. The Kier molecular flexibility index (Phi) is 7.97. The van der Waals surface area contributed by atoms with Crippen molar-refractivity contribution >= 4 is 17.6 Å². The summed E-state index contributed by atoms with van der Waals surface area (Å²) in [6.07, 6.45) is 4.92. The van der Waals surface area contributed by atoms with Crippen LogP contribution in [0.25, 0.3) is 0 Å². The zero-order valence-electron chi connectivity index (χ0n) is 20.2. The zero-order chi connectivity index (χ0) is 24.8. The first-order valence-electron chi connectivity index (χ1n) is 11.2. The summed E-state index contributed by atoms with van der Waals surface area (Å²) >= 11 is 0. The van der Waals surface area contributed by atoms with Crippen molar-refractivity contribution in [2.75, 3.05) is 46.6 Å². The minimum absolute atomic E-state index is 0.0602. The molecule has 0 unspecified atom stereocenters. The van der Waals surface area contributed by atoms with E-state index in [0.717, 1.165) is 17.5 Å². The summed E-state index contributed by atoms with van der Waals surface area (Å²) in [4.78, 5) is 28.4. The summed E-state index contributed by atoms with van der Waals surface area (Å²) < 4.78 is 6.92. The maximum absolute atomic E-state index is 12.5. The number of aryl methyl sites for hydroxylation is 1. The van der Waals surface area contributed by atoms with E-state index in [-0.39, 0.29) is 29.0 Å². The lowest BCUT2D eigenvalue weighted by atomic mass is 10.1. The molecular weight excluding hydrogens is 432 g/mol. The summed E-state index contributed by atoms with van der Waals surface area (Å²) in [5.74, 6) is 6.13. The van der Waals surface area contributed by atoms with Crippen LogP contribution in [0.3, 0.4) is 0 Å². The molecule has 0 radical (unpaired) electrons. The van der Waals surface area contributed by atoms with E-state index in [1.54, 1.807) is 22.8 Å². The normalized spacial score (nSPS) is 15.6. The van der Waals surface area contributed by atoms with E-state index in [0.29, 0.717) is 31.8 Å². The third-order valence-corrected chi connectivity index (χ3v) is 5.68. The molecule has 4 N–H and O–H groups in total. The monoisotopic (exact) mass is 464 g/mol. The number of likely N-dealkylation sites (N-methyl/N-ethyl adjacent to an activating group) is 1. The number of ether oxygens (including phenoxy) is 1. The number of nitrogens with two attached hydrogens (primary N) is 2. The minimum atomic E-state index is -0.689. The molecule has 1 aliphatic rings. The number of carbonyl (C=O) groups excluding carboxylic acids is 2. The Balaban J connectivity index is 1.85. The fourth-order valence-electron chi connectivity index (χ4n) is 3.85. The van der Waals surface area contributed by atoms with Crippen molar-refractivity contribution in [2.24, 2.45) is 5.73 Å². The van der Waals surface area contributed by atoms with E-state index in [4.69, 9.17) is 16.2 Å². The summed E-state index contributed by atoms with van der Waals surface area (Å²) in [5.41, 5.74) is 14.0. The molecular formula is C25H32N6O3. The standard InChI is InChI=1S/C25H32N6O3/c1-5-17-13-18(15-20(14-17)34-4)8-9-21-23(25(27)33)24(26)31(28-21)19-10-12-30(16-19)22(32)7-6-11-29(2)3/h6-7,13-15,19H,5,10-12,16,26H2,1-4H3,(H2,27,33)/b7-6+/t19-/m0/s1. The third-order valence-electron chi connectivity index (χ3n) is 5.68. The van der Waals surface area contributed by atoms with Gasteiger partial charge in [0.05, 0.1) is 13.2 Å². The van der Waals surface area contributed by atoms with Crippen molar-refractivity contribution in [3.63, 3.8) is 0 Å². The molecule has 0 saturated carbocycles. The van der Waals surface area contributed by atoms with Crippen molar-refractivity contribution in [1.82, 2.24) is 19.6 Å². The molecule has 2 heterocycles. The van der Waals surface area contributed by atoms with Gasteiger partial charge in [-0.05, 0) is 56.6 Å². The lowest BCUT2D eigenvalue weighted by Crippen LogP contribution is -2.28. The molecule has 3 rings (SSSR count). The molecule has 1 aromatic carbocycles. The van der Waals surface area contributed by atoms with Gasteiger partial charge in [0.15, 0.2) is 5.69 Å². The Morgan fingerprint density at radius 1 is 1.29 bits per heavy atom. The van der Waals surface area contributed by atoms with Crippen LogP contribution in [0.2, 0.25) is 0 Å². The Hall–Kier alpha value is -3.77. The zero-order valence-corrected chi connectivity index (χ0v) is 20.2. The van der Waals surface area contributed by atoms with Gasteiger partial charge in [-0.25, -0.2) is 4.68 Å². The van der Waals surface area contributed by atoms with E-state index in [1.807, 2.05) is 50.2 Å². The van der Waals surface area contributed by atoms with Crippen molar-refractivity contribution in [3.05, 3.63) is 52.7 Å². The van der Waals surface area contributed by atoms with Gasteiger partial charge in [-0.3, -0.25) is 9.59 Å². The summed E-state index contributed by atoms with van der Waals surface area (Å²) in [6.45, 7) is 3.75. The third kappa shape index (κ3) is 5.77. The van der Waals surface area contributed by atoms with Gasteiger partial charge in [-0.1, -0.05) is 18.9 Å². The van der Waals surface area contributed by atoms with E-state index < -0.39 is 5.91 Å². The molecule has 2 aromatic rings. The van der Waals surface area contributed by atoms with Gasteiger partial charge in [-0.15, -0.1) is 0 Å². The minimum Gasteiger partial charge on any atom is -0.497 e. The molecule has 2 amide bonds. The SMILES string of the molecule is CCc1cc(C#Cc2nn([C@H]3CCN(C(=O)/C=C/CN(C)C)C3)c(N)c2C(N)=O)cc(OC)c1. The number of hydrogen-bond donors (Lipinski definition) is 2. The average Bonchev–Trinajstić information content (AvgIpc) is 3.41. The van der Waals surface area contributed by atoms with Crippen LogP contribution in [0.15, 0.2) is 30.4 Å².